The molecule has 7 rings (SSSR count). The van der Waals surface area contributed by atoms with Crippen molar-refractivity contribution in [2.75, 3.05) is 19.7 Å². The molecule has 208 valence electrons. The molecule has 7 heteroatoms. The number of pyridine rings is 1. The highest BCUT2D eigenvalue weighted by Crippen LogP contribution is 2.41. The summed E-state index contributed by atoms with van der Waals surface area (Å²) in [7, 11) is 0. The highest BCUT2D eigenvalue weighted by Gasteiger charge is 2.37. The fourth-order valence-corrected chi connectivity index (χ4v) is 6.84. The van der Waals surface area contributed by atoms with E-state index in [4.69, 9.17) is 9.84 Å². The Hall–Kier alpha value is -3.61. The van der Waals surface area contributed by atoms with Crippen molar-refractivity contribution in [2.45, 2.75) is 71.3 Å². The Morgan fingerprint density at radius 3 is 2.58 bits per heavy atom. The fourth-order valence-electron chi connectivity index (χ4n) is 6.84. The van der Waals surface area contributed by atoms with Crippen LogP contribution in [0.2, 0.25) is 0 Å². The zero-order valence-corrected chi connectivity index (χ0v) is 23.6. The number of carbonyl (C=O) groups excluding carboxylic acids is 2. The van der Waals surface area contributed by atoms with Gasteiger partial charge in [0.1, 0.15) is 5.69 Å². The Morgan fingerprint density at radius 1 is 1.02 bits per heavy atom. The minimum atomic E-state index is -0.330. The molecule has 1 aromatic carbocycles. The number of ether oxygens (including phenoxy) is 1. The highest BCUT2D eigenvalue weighted by atomic mass is 16.5. The number of amides is 1. The predicted octanol–water partition coefficient (Wildman–Crippen LogP) is 6.36. The van der Waals surface area contributed by atoms with Gasteiger partial charge in [0.15, 0.2) is 0 Å². The van der Waals surface area contributed by atoms with Crippen molar-refractivity contribution in [2.24, 2.45) is 11.8 Å². The van der Waals surface area contributed by atoms with E-state index in [2.05, 4.69) is 40.7 Å². The molecule has 4 heterocycles. The first kappa shape index (κ1) is 25.4. The Labute approximate surface area is 235 Å². The van der Waals surface area contributed by atoms with Crippen LogP contribution in [0.4, 0.5) is 0 Å². The van der Waals surface area contributed by atoms with Crippen molar-refractivity contribution in [3.8, 4) is 11.4 Å². The van der Waals surface area contributed by atoms with Gasteiger partial charge in [0.05, 0.1) is 28.9 Å². The number of rotatable bonds is 7. The smallest absolute Gasteiger partial charge is 0.339 e. The molecule has 0 atom stereocenters. The molecule has 1 aliphatic heterocycles. The second-order valence-electron chi connectivity index (χ2n) is 12.1. The monoisotopic (exact) mass is 538 g/mol. The summed E-state index contributed by atoms with van der Waals surface area (Å²) in [5.74, 6) is 1.34. The first-order valence-electron chi connectivity index (χ1n) is 15.1. The first-order valence-corrected chi connectivity index (χ1v) is 15.1. The molecule has 40 heavy (non-hydrogen) atoms. The summed E-state index contributed by atoms with van der Waals surface area (Å²) in [4.78, 5) is 27.6. The van der Waals surface area contributed by atoms with Crippen molar-refractivity contribution in [3.63, 3.8) is 0 Å². The Kier molecular flexibility index (Phi) is 6.40. The largest absolute Gasteiger partial charge is 0.462 e. The molecule has 7 nitrogen and oxygen atoms in total. The molecular weight excluding hydrogens is 500 g/mol. The molecule has 2 saturated carbocycles. The Balaban J connectivity index is 1.25. The molecular formula is C33H38N4O3. The van der Waals surface area contributed by atoms with Gasteiger partial charge in [-0.3, -0.25) is 4.79 Å². The zero-order valence-electron chi connectivity index (χ0n) is 23.6. The summed E-state index contributed by atoms with van der Waals surface area (Å²) >= 11 is 0. The number of aryl methyl sites for hydroxylation is 1. The third-order valence-electron chi connectivity index (χ3n) is 9.31. The van der Waals surface area contributed by atoms with Crippen molar-refractivity contribution in [1.82, 2.24) is 19.1 Å². The molecule has 3 fully saturated rings. The van der Waals surface area contributed by atoms with Crippen LogP contribution < -0.4 is 0 Å². The van der Waals surface area contributed by atoms with Gasteiger partial charge >= 0.3 is 5.97 Å². The van der Waals surface area contributed by atoms with Crippen LogP contribution in [0.25, 0.3) is 27.8 Å². The maximum absolute atomic E-state index is 13.1. The number of carbonyl (C=O) groups is 2. The minimum absolute atomic E-state index is 0.234. The van der Waals surface area contributed by atoms with E-state index in [1.807, 2.05) is 23.6 Å². The van der Waals surface area contributed by atoms with E-state index in [0.717, 1.165) is 54.9 Å². The van der Waals surface area contributed by atoms with Gasteiger partial charge in [-0.05, 0) is 69.2 Å². The Bertz CT molecular complexity index is 1600. The van der Waals surface area contributed by atoms with Crippen LogP contribution in [0, 0.1) is 18.8 Å². The van der Waals surface area contributed by atoms with Gasteiger partial charge in [-0.15, -0.1) is 0 Å². The second kappa shape index (κ2) is 10.1. The second-order valence-corrected chi connectivity index (χ2v) is 12.1. The first-order chi connectivity index (χ1) is 19.5. The maximum atomic E-state index is 13.1. The lowest BCUT2D eigenvalue weighted by molar-refractivity contribution is -0.141. The maximum Gasteiger partial charge on any atom is 0.339 e. The summed E-state index contributed by atoms with van der Waals surface area (Å²) in [6, 6.07) is 12.7. The zero-order chi connectivity index (χ0) is 27.4. The van der Waals surface area contributed by atoms with E-state index < -0.39 is 0 Å². The van der Waals surface area contributed by atoms with Crippen LogP contribution in [-0.4, -0.2) is 50.7 Å². The predicted molar refractivity (Wildman–Crippen MR) is 155 cm³/mol. The molecule has 0 spiro atoms. The molecule has 3 aliphatic rings. The van der Waals surface area contributed by atoms with Crippen molar-refractivity contribution in [1.29, 1.82) is 0 Å². The van der Waals surface area contributed by atoms with Gasteiger partial charge < -0.3 is 14.2 Å². The lowest BCUT2D eigenvalue weighted by atomic mass is 9.84. The van der Waals surface area contributed by atoms with Crippen LogP contribution >= 0.6 is 0 Å². The van der Waals surface area contributed by atoms with E-state index in [9.17, 15) is 9.59 Å². The number of benzene rings is 1. The van der Waals surface area contributed by atoms with Crippen molar-refractivity contribution >= 4 is 28.3 Å². The average molecular weight is 539 g/mol. The summed E-state index contributed by atoms with van der Waals surface area (Å²) in [5, 5.41) is 6.23. The molecule has 3 aromatic heterocycles. The molecule has 1 saturated heterocycles. The number of nitrogens with zero attached hydrogens (tertiary/aromatic N) is 4. The Morgan fingerprint density at radius 2 is 1.82 bits per heavy atom. The van der Waals surface area contributed by atoms with Crippen LogP contribution in [0.5, 0.6) is 0 Å². The van der Waals surface area contributed by atoms with Crippen LogP contribution in [0.3, 0.4) is 0 Å². The standard InChI is InChI=1S/C33H38N4O3/c1-3-40-33(39)25-14-15-28-21(2)30(34-37(28)20-25)29-16-24-10-7-11-27(31(24)36(29)17-22-12-13-22)26-18-35(19-26)32(38)23-8-5-4-6-9-23/h7,10-11,14-16,20,22-23,26H,3-6,8-9,12-13,17-19H2,1-2H3. The van der Waals surface area contributed by atoms with E-state index >= 15 is 0 Å². The molecule has 0 bridgehead atoms. The number of esters is 1. The van der Waals surface area contributed by atoms with Gasteiger partial charge in [0, 0.05) is 48.6 Å². The van der Waals surface area contributed by atoms with Gasteiger partial charge in [-0.1, -0.05) is 37.5 Å². The average Bonchev–Trinajstić information content (AvgIpc) is 3.61. The molecule has 1 amide bonds. The molecule has 0 unspecified atom stereocenters. The van der Waals surface area contributed by atoms with Crippen molar-refractivity contribution in [3.05, 3.63) is 59.3 Å². The fraction of sp³-hybridized carbons (Fsp3) is 0.485. The third kappa shape index (κ3) is 4.40. The van der Waals surface area contributed by atoms with Crippen molar-refractivity contribution < 1.29 is 14.3 Å². The minimum Gasteiger partial charge on any atom is -0.462 e. The highest BCUT2D eigenvalue weighted by molar-refractivity contribution is 5.92. The van der Waals surface area contributed by atoms with Gasteiger partial charge in [-0.25, -0.2) is 9.31 Å². The summed E-state index contributed by atoms with van der Waals surface area (Å²) < 4.78 is 9.52. The summed E-state index contributed by atoms with van der Waals surface area (Å²) in [6.07, 6.45) is 10.1. The molecule has 4 aromatic rings. The van der Waals surface area contributed by atoms with Crippen LogP contribution in [0.15, 0.2) is 42.6 Å². The molecule has 0 radical (unpaired) electrons. The van der Waals surface area contributed by atoms with E-state index in [1.54, 1.807) is 6.20 Å². The number of likely N-dealkylation sites (tertiary alicyclic amines) is 1. The topological polar surface area (TPSA) is 68.8 Å². The van der Waals surface area contributed by atoms with E-state index in [-0.39, 0.29) is 11.9 Å². The normalized spacial score (nSPS) is 18.4. The summed E-state index contributed by atoms with van der Waals surface area (Å²) in [5.41, 5.74) is 7.31. The lowest BCUT2D eigenvalue weighted by Gasteiger charge is -2.42. The summed E-state index contributed by atoms with van der Waals surface area (Å²) in [6.45, 7) is 6.90. The van der Waals surface area contributed by atoms with E-state index in [0.29, 0.717) is 29.9 Å². The van der Waals surface area contributed by atoms with Gasteiger partial charge in [0.25, 0.3) is 0 Å². The number of hydrogen-bond acceptors (Lipinski definition) is 4. The lowest BCUT2D eigenvalue weighted by Crippen LogP contribution is -2.51. The van der Waals surface area contributed by atoms with Gasteiger partial charge in [-0.2, -0.15) is 5.10 Å². The van der Waals surface area contributed by atoms with Crippen LogP contribution in [0.1, 0.15) is 79.3 Å². The van der Waals surface area contributed by atoms with Crippen LogP contribution in [-0.2, 0) is 16.1 Å². The molecule has 0 N–H and O–H groups in total. The molecule has 2 aliphatic carbocycles. The number of para-hydroxylation sites is 1. The number of aromatic nitrogens is 3. The SMILES string of the molecule is CCOC(=O)c1ccc2c(C)c(-c3cc4cccc(C5CN(C(=O)C6CCCCC6)C5)c4n3CC3CC3)nn2c1. The van der Waals surface area contributed by atoms with Gasteiger partial charge in [0.2, 0.25) is 5.91 Å². The third-order valence-corrected chi connectivity index (χ3v) is 9.31. The number of hydrogen-bond donors (Lipinski definition) is 0. The van der Waals surface area contributed by atoms with E-state index in [1.165, 1.54) is 48.6 Å². The quantitative estimate of drug-likeness (QED) is 0.257. The number of fused-ring (bicyclic) bond motifs is 2.